The quantitative estimate of drug-likeness (QED) is 0.621. The molecular formula is C10H20N2O3. The van der Waals surface area contributed by atoms with E-state index in [0.717, 1.165) is 13.0 Å². The Kier molecular flexibility index (Phi) is 4.50. The molecule has 88 valence electrons. The molecule has 0 amide bonds. The molecule has 1 fully saturated rings. The molecule has 0 bridgehead atoms. The van der Waals surface area contributed by atoms with E-state index in [1.54, 1.807) is 0 Å². The molecule has 0 aromatic heterocycles. The van der Waals surface area contributed by atoms with Crippen LogP contribution in [0.15, 0.2) is 0 Å². The number of hydrogen-bond donors (Lipinski definition) is 1. The van der Waals surface area contributed by atoms with E-state index in [0.29, 0.717) is 6.54 Å². The second-order valence-corrected chi connectivity index (χ2v) is 4.31. The van der Waals surface area contributed by atoms with Crippen molar-refractivity contribution in [2.45, 2.75) is 18.6 Å². The van der Waals surface area contributed by atoms with Crippen LogP contribution in [0, 0.1) is 0 Å². The van der Waals surface area contributed by atoms with Crippen molar-refractivity contribution in [2.24, 2.45) is 0 Å². The maximum atomic E-state index is 11.1. The van der Waals surface area contributed by atoms with Crippen molar-refractivity contribution < 1.29 is 14.6 Å². The number of ether oxygens (including phenoxy) is 1. The van der Waals surface area contributed by atoms with Gasteiger partial charge in [-0.1, -0.05) is 0 Å². The number of carbonyl (C=O) groups excluding carboxylic acids is 1. The molecule has 0 saturated carbocycles. The molecule has 1 aliphatic heterocycles. The van der Waals surface area contributed by atoms with Crippen LogP contribution >= 0.6 is 0 Å². The number of aliphatic hydroxyl groups excluding tert-OH is 1. The van der Waals surface area contributed by atoms with Crippen molar-refractivity contribution in [3.05, 3.63) is 0 Å². The number of likely N-dealkylation sites (tertiary alicyclic amines) is 1. The summed E-state index contributed by atoms with van der Waals surface area (Å²) in [7, 11) is 5.36. The second-order valence-electron chi connectivity index (χ2n) is 4.31. The minimum Gasteiger partial charge on any atom is -0.468 e. The number of hydrogen-bond acceptors (Lipinski definition) is 5. The van der Waals surface area contributed by atoms with Gasteiger partial charge in [0.25, 0.3) is 0 Å². The Hall–Kier alpha value is -0.650. The molecule has 0 spiro atoms. The first-order valence-electron chi connectivity index (χ1n) is 5.16. The first-order valence-corrected chi connectivity index (χ1v) is 5.16. The van der Waals surface area contributed by atoms with Crippen molar-refractivity contribution in [2.75, 3.05) is 40.8 Å². The van der Waals surface area contributed by atoms with E-state index in [1.807, 2.05) is 19.0 Å². The van der Waals surface area contributed by atoms with Crippen molar-refractivity contribution >= 4 is 5.97 Å². The lowest BCUT2D eigenvalue weighted by Gasteiger charge is -2.25. The summed E-state index contributed by atoms with van der Waals surface area (Å²) in [6.45, 7) is 1.69. The Labute approximate surface area is 90.6 Å². The molecule has 0 aromatic rings. The van der Waals surface area contributed by atoms with Crippen molar-refractivity contribution in [1.82, 2.24) is 9.80 Å². The molecule has 2 atom stereocenters. The fourth-order valence-corrected chi connectivity index (χ4v) is 1.99. The van der Waals surface area contributed by atoms with Gasteiger partial charge in [-0.3, -0.25) is 9.69 Å². The SMILES string of the molecule is COC(=O)CN1CC(O)CC1CN(C)C. The Morgan fingerprint density at radius 3 is 2.80 bits per heavy atom. The van der Waals surface area contributed by atoms with E-state index in [2.05, 4.69) is 9.64 Å². The Morgan fingerprint density at radius 1 is 1.60 bits per heavy atom. The third-order valence-electron chi connectivity index (χ3n) is 2.64. The van der Waals surface area contributed by atoms with Crippen LogP contribution in [0.1, 0.15) is 6.42 Å². The van der Waals surface area contributed by atoms with Crippen LogP contribution in [0.2, 0.25) is 0 Å². The Bertz CT molecular complexity index is 221. The summed E-state index contributed by atoms with van der Waals surface area (Å²) in [5.74, 6) is -0.243. The summed E-state index contributed by atoms with van der Waals surface area (Å²) >= 11 is 0. The molecule has 15 heavy (non-hydrogen) atoms. The van der Waals surface area contributed by atoms with Crippen LogP contribution < -0.4 is 0 Å². The number of carbonyl (C=O) groups is 1. The van der Waals surface area contributed by atoms with E-state index < -0.39 is 0 Å². The third-order valence-corrected chi connectivity index (χ3v) is 2.64. The third kappa shape index (κ3) is 3.77. The maximum Gasteiger partial charge on any atom is 0.319 e. The molecular weight excluding hydrogens is 196 g/mol. The van der Waals surface area contributed by atoms with Gasteiger partial charge in [-0.05, 0) is 20.5 Å². The fourth-order valence-electron chi connectivity index (χ4n) is 1.99. The molecule has 0 aromatic carbocycles. The van der Waals surface area contributed by atoms with Crippen LogP contribution in [-0.2, 0) is 9.53 Å². The topological polar surface area (TPSA) is 53.0 Å². The zero-order valence-corrected chi connectivity index (χ0v) is 9.64. The highest BCUT2D eigenvalue weighted by molar-refractivity contribution is 5.71. The molecule has 5 heteroatoms. The van der Waals surface area contributed by atoms with Crippen LogP contribution in [0.4, 0.5) is 0 Å². The van der Waals surface area contributed by atoms with Crippen LogP contribution in [-0.4, -0.2) is 73.9 Å². The number of rotatable bonds is 4. The van der Waals surface area contributed by atoms with Crippen LogP contribution in [0.5, 0.6) is 0 Å². The lowest BCUT2D eigenvalue weighted by molar-refractivity contribution is -0.142. The summed E-state index contributed by atoms with van der Waals surface area (Å²) in [4.78, 5) is 15.2. The van der Waals surface area contributed by atoms with Crippen molar-refractivity contribution in [1.29, 1.82) is 0 Å². The summed E-state index contributed by atoms with van der Waals surface area (Å²) < 4.78 is 4.62. The highest BCUT2D eigenvalue weighted by Crippen LogP contribution is 2.17. The van der Waals surface area contributed by atoms with Gasteiger partial charge in [-0.25, -0.2) is 0 Å². The summed E-state index contributed by atoms with van der Waals surface area (Å²) in [6, 6.07) is 0.245. The molecule has 1 rings (SSSR count). The van der Waals surface area contributed by atoms with E-state index >= 15 is 0 Å². The largest absolute Gasteiger partial charge is 0.468 e. The predicted molar refractivity (Wildman–Crippen MR) is 56.6 cm³/mol. The number of methoxy groups -OCH3 is 1. The summed E-state index contributed by atoms with van der Waals surface area (Å²) in [5.41, 5.74) is 0. The van der Waals surface area contributed by atoms with Gasteiger partial charge in [-0.15, -0.1) is 0 Å². The minimum absolute atomic E-state index is 0.243. The van der Waals surface area contributed by atoms with Gasteiger partial charge < -0.3 is 14.7 Å². The molecule has 1 heterocycles. The van der Waals surface area contributed by atoms with Gasteiger partial charge >= 0.3 is 5.97 Å². The zero-order chi connectivity index (χ0) is 11.4. The molecule has 0 aliphatic carbocycles. The lowest BCUT2D eigenvalue weighted by Crippen LogP contribution is -2.40. The molecule has 2 unspecified atom stereocenters. The first-order chi connectivity index (χ1) is 7.02. The maximum absolute atomic E-state index is 11.1. The number of nitrogens with zero attached hydrogens (tertiary/aromatic N) is 2. The molecule has 1 N–H and O–H groups in total. The smallest absolute Gasteiger partial charge is 0.319 e. The van der Waals surface area contributed by atoms with Gasteiger partial charge in [0, 0.05) is 19.1 Å². The normalized spacial score (nSPS) is 27.3. The highest BCUT2D eigenvalue weighted by atomic mass is 16.5. The fraction of sp³-hybridized carbons (Fsp3) is 0.900. The number of β-amino-alcohol motifs (C(OH)–C–C–N with tert-alkyl or cyclic N) is 1. The molecule has 0 radical (unpaired) electrons. The Balaban J connectivity index is 2.48. The average molecular weight is 216 g/mol. The molecule has 5 nitrogen and oxygen atoms in total. The minimum atomic E-state index is -0.320. The zero-order valence-electron chi connectivity index (χ0n) is 9.64. The van der Waals surface area contributed by atoms with E-state index in [-0.39, 0.29) is 24.7 Å². The van der Waals surface area contributed by atoms with E-state index in [9.17, 15) is 9.90 Å². The number of esters is 1. The van der Waals surface area contributed by atoms with Crippen molar-refractivity contribution in [3.8, 4) is 0 Å². The van der Waals surface area contributed by atoms with Gasteiger partial charge in [0.05, 0.1) is 19.8 Å². The lowest BCUT2D eigenvalue weighted by atomic mass is 10.2. The van der Waals surface area contributed by atoms with Crippen LogP contribution in [0.25, 0.3) is 0 Å². The first kappa shape index (κ1) is 12.4. The van der Waals surface area contributed by atoms with Crippen molar-refractivity contribution in [3.63, 3.8) is 0 Å². The predicted octanol–water partition coefficient (Wildman–Crippen LogP) is -0.844. The van der Waals surface area contributed by atoms with E-state index in [1.165, 1.54) is 7.11 Å². The average Bonchev–Trinajstić information content (AvgIpc) is 2.45. The van der Waals surface area contributed by atoms with Gasteiger partial charge in [-0.2, -0.15) is 0 Å². The molecule has 1 saturated heterocycles. The standard InChI is InChI=1S/C10H20N2O3/c1-11(2)5-8-4-9(13)6-12(8)7-10(14)15-3/h8-9,13H,4-7H2,1-3H3. The van der Waals surface area contributed by atoms with Crippen LogP contribution in [0.3, 0.4) is 0 Å². The number of likely N-dealkylation sites (N-methyl/N-ethyl adjacent to an activating group) is 1. The molecule has 1 aliphatic rings. The Morgan fingerprint density at radius 2 is 2.27 bits per heavy atom. The summed E-state index contributed by atoms with van der Waals surface area (Å²) in [6.07, 6.45) is 0.412. The van der Waals surface area contributed by atoms with Gasteiger partial charge in [0.15, 0.2) is 0 Å². The van der Waals surface area contributed by atoms with E-state index in [4.69, 9.17) is 0 Å². The monoisotopic (exact) mass is 216 g/mol. The van der Waals surface area contributed by atoms with Gasteiger partial charge in [0.2, 0.25) is 0 Å². The highest BCUT2D eigenvalue weighted by Gasteiger charge is 2.32. The summed E-state index contributed by atoms with van der Waals surface area (Å²) in [5, 5.41) is 9.56. The second kappa shape index (κ2) is 5.44. The number of aliphatic hydroxyl groups is 1. The van der Waals surface area contributed by atoms with Gasteiger partial charge in [0.1, 0.15) is 0 Å².